The zero-order chi connectivity index (χ0) is 11.8. The summed E-state index contributed by atoms with van der Waals surface area (Å²) in [6.45, 7) is 0.734. The Hall–Kier alpha value is -1.55. The van der Waals surface area contributed by atoms with Crippen molar-refractivity contribution in [3.63, 3.8) is 0 Å². The van der Waals surface area contributed by atoms with Crippen molar-refractivity contribution in [3.05, 3.63) is 29.8 Å². The fraction of sp³-hybridized carbons (Fsp3) is 0.417. The molecule has 1 aromatic rings. The monoisotopic (exact) mass is 222 g/mol. The molecule has 0 atom stereocenters. The van der Waals surface area contributed by atoms with Gasteiger partial charge in [-0.1, -0.05) is 12.1 Å². The van der Waals surface area contributed by atoms with Gasteiger partial charge in [-0.05, 0) is 30.5 Å². The molecule has 16 heavy (non-hydrogen) atoms. The Morgan fingerprint density at radius 1 is 1.31 bits per heavy atom. The third-order valence-corrected chi connectivity index (χ3v) is 2.18. The van der Waals surface area contributed by atoms with E-state index in [1.54, 1.807) is 0 Å². The third-order valence-electron chi connectivity index (χ3n) is 2.18. The van der Waals surface area contributed by atoms with E-state index in [1.807, 2.05) is 24.3 Å². The van der Waals surface area contributed by atoms with Gasteiger partial charge in [-0.25, -0.2) is 0 Å². The lowest BCUT2D eigenvalue weighted by Crippen LogP contribution is -2.10. The number of benzene rings is 1. The van der Waals surface area contributed by atoms with Crippen LogP contribution in [0.3, 0.4) is 0 Å². The molecule has 4 nitrogen and oxygen atoms in total. The highest BCUT2D eigenvalue weighted by molar-refractivity contribution is 5.76. The lowest BCUT2D eigenvalue weighted by molar-refractivity contribution is 0.299. The van der Waals surface area contributed by atoms with Crippen molar-refractivity contribution in [2.24, 2.45) is 5.73 Å². The molecule has 0 bridgehead atoms. The maximum absolute atomic E-state index is 8.75. The summed E-state index contributed by atoms with van der Waals surface area (Å²) in [7, 11) is 0. The molecule has 0 fully saturated rings. The molecule has 0 amide bonds. The van der Waals surface area contributed by atoms with Crippen LogP contribution < -0.4 is 10.5 Å². The number of nitrogens with two attached hydrogens (primary N) is 1. The number of amidine groups is 1. The van der Waals surface area contributed by atoms with Crippen LogP contribution in [0.15, 0.2) is 24.3 Å². The first-order chi connectivity index (χ1) is 7.72. The van der Waals surface area contributed by atoms with E-state index in [1.165, 1.54) is 0 Å². The quantitative estimate of drug-likeness (QED) is 0.370. The molecule has 0 unspecified atom stereocenters. The van der Waals surface area contributed by atoms with Crippen molar-refractivity contribution in [1.29, 1.82) is 5.41 Å². The average Bonchev–Trinajstić information content (AvgIpc) is 2.27. The van der Waals surface area contributed by atoms with Gasteiger partial charge >= 0.3 is 0 Å². The molecular weight excluding hydrogens is 204 g/mol. The van der Waals surface area contributed by atoms with Crippen molar-refractivity contribution in [3.8, 4) is 5.75 Å². The summed E-state index contributed by atoms with van der Waals surface area (Å²) in [5.41, 5.74) is 6.33. The number of nitrogens with one attached hydrogen (secondary N) is 1. The summed E-state index contributed by atoms with van der Waals surface area (Å²) >= 11 is 0. The molecule has 1 aromatic carbocycles. The topological polar surface area (TPSA) is 79.3 Å². The van der Waals surface area contributed by atoms with Crippen LogP contribution in [0.1, 0.15) is 18.4 Å². The van der Waals surface area contributed by atoms with Gasteiger partial charge in [-0.15, -0.1) is 0 Å². The Labute approximate surface area is 95.6 Å². The van der Waals surface area contributed by atoms with Crippen molar-refractivity contribution in [2.45, 2.75) is 19.3 Å². The molecule has 88 valence electrons. The minimum absolute atomic E-state index is 0.165. The first kappa shape index (κ1) is 12.5. The Bertz CT molecular complexity index is 322. The van der Waals surface area contributed by atoms with Crippen LogP contribution in [0.5, 0.6) is 5.75 Å². The molecule has 0 heterocycles. The molecule has 0 aliphatic heterocycles. The van der Waals surface area contributed by atoms with Gasteiger partial charge in [0, 0.05) is 13.0 Å². The first-order valence-corrected chi connectivity index (χ1v) is 5.38. The minimum atomic E-state index is 0.165. The van der Waals surface area contributed by atoms with E-state index in [-0.39, 0.29) is 12.4 Å². The molecule has 4 N–H and O–H groups in total. The Morgan fingerprint density at radius 3 is 2.56 bits per heavy atom. The summed E-state index contributed by atoms with van der Waals surface area (Å²) in [4.78, 5) is 0. The van der Waals surface area contributed by atoms with Crippen molar-refractivity contribution in [2.75, 3.05) is 13.2 Å². The standard InChI is InChI=1S/C12H18N2O2/c13-12(14)2-1-9-16-11-5-3-10(4-6-11)7-8-15/h3-6,15H,1-2,7-9H2,(H3,13,14). The van der Waals surface area contributed by atoms with Crippen LogP contribution >= 0.6 is 0 Å². The average molecular weight is 222 g/mol. The SMILES string of the molecule is N=C(N)CCCOc1ccc(CCO)cc1. The minimum Gasteiger partial charge on any atom is -0.494 e. The van der Waals surface area contributed by atoms with Crippen LogP contribution in [-0.4, -0.2) is 24.2 Å². The van der Waals surface area contributed by atoms with E-state index in [0.29, 0.717) is 19.4 Å². The van der Waals surface area contributed by atoms with Crippen LogP contribution in [0, 0.1) is 5.41 Å². The second-order valence-electron chi connectivity index (χ2n) is 3.59. The molecule has 0 aromatic heterocycles. The summed E-state index contributed by atoms with van der Waals surface area (Å²) in [6.07, 6.45) is 2.00. The van der Waals surface area contributed by atoms with Gasteiger partial charge in [-0.3, -0.25) is 5.41 Å². The van der Waals surface area contributed by atoms with Gasteiger partial charge in [0.2, 0.25) is 0 Å². The number of aliphatic hydroxyl groups is 1. The number of aliphatic hydroxyl groups excluding tert-OH is 1. The summed E-state index contributed by atoms with van der Waals surface area (Å²) in [5.74, 6) is 1.01. The smallest absolute Gasteiger partial charge is 0.119 e. The van der Waals surface area contributed by atoms with Gasteiger partial charge in [0.1, 0.15) is 5.75 Å². The second-order valence-corrected chi connectivity index (χ2v) is 3.59. The zero-order valence-electron chi connectivity index (χ0n) is 9.28. The Kier molecular flexibility index (Phi) is 5.36. The molecular formula is C12H18N2O2. The fourth-order valence-electron chi connectivity index (χ4n) is 1.33. The van der Waals surface area contributed by atoms with Crippen LogP contribution in [0.4, 0.5) is 0 Å². The van der Waals surface area contributed by atoms with E-state index in [9.17, 15) is 0 Å². The van der Waals surface area contributed by atoms with E-state index in [2.05, 4.69) is 0 Å². The molecule has 0 aliphatic rings. The van der Waals surface area contributed by atoms with E-state index < -0.39 is 0 Å². The largest absolute Gasteiger partial charge is 0.494 e. The van der Waals surface area contributed by atoms with Crippen molar-refractivity contribution < 1.29 is 9.84 Å². The number of rotatable bonds is 7. The lowest BCUT2D eigenvalue weighted by atomic mass is 10.1. The molecule has 0 aliphatic carbocycles. The predicted molar refractivity (Wildman–Crippen MR) is 63.9 cm³/mol. The lowest BCUT2D eigenvalue weighted by Gasteiger charge is -2.06. The number of ether oxygens (including phenoxy) is 1. The predicted octanol–water partition coefficient (Wildman–Crippen LogP) is 1.32. The van der Waals surface area contributed by atoms with E-state index in [4.69, 9.17) is 21.0 Å². The number of hydrogen-bond acceptors (Lipinski definition) is 3. The highest BCUT2D eigenvalue weighted by Crippen LogP contribution is 2.12. The maximum atomic E-state index is 8.75. The third kappa shape index (κ3) is 4.79. The number of hydrogen-bond donors (Lipinski definition) is 3. The van der Waals surface area contributed by atoms with Gasteiger partial charge in [0.15, 0.2) is 0 Å². The highest BCUT2D eigenvalue weighted by atomic mass is 16.5. The summed E-state index contributed by atoms with van der Waals surface area (Å²) < 4.78 is 5.47. The summed E-state index contributed by atoms with van der Waals surface area (Å²) in [5, 5.41) is 15.8. The first-order valence-electron chi connectivity index (χ1n) is 5.38. The van der Waals surface area contributed by atoms with E-state index in [0.717, 1.165) is 17.7 Å². The van der Waals surface area contributed by atoms with E-state index >= 15 is 0 Å². The Balaban J connectivity index is 2.29. The molecule has 0 saturated heterocycles. The van der Waals surface area contributed by atoms with Gasteiger partial charge < -0.3 is 15.6 Å². The van der Waals surface area contributed by atoms with Crippen molar-refractivity contribution >= 4 is 5.84 Å². The molecule has 0 saturated carbocycles. The normalized spacial score (nSPS) is 10.1. The van der Waals surface area contributed by atoms with Gasteiger partial charge in [0.25, 0.3) is 0 Å². The van der Waals surface area contributed by atoms with Crippen LogP contribution in [0.2, 0.25) is 0 Å². The zero-order valence-corrected chi connectivity index (χ0v) is 9.28. The second kappa shape index (κ2) is 6.85. The van der Waals surface area contributed by atoms with Crippen molar-refractivity contribution in [1.82, 2.24) is 0 Å². The van der Waals surface area contributed by atoms with Crippen LogP contribution in [-0.2, 0) is 6.42 Å². The molecule has 1 rings (SSSR count). The molecule has 0 radical (unpaired) electrons. The highest BCUT2D eigenvalue weighted by Gasteiger charge is 1.96. The summed E-state index contributed by atoms with van der Waals surface area (Å²) in [6, 6.07) is 7.66. The Morgan fingerprint density at radius 2 is 2.00 bits per heavy atom. The van der Waals surface area contributed by atoms with Gasteiger partial charge in [0.05, 0.1) is 12.4 Å². The molecule has 0 spiro atoms. The molecule has 4 heteroatoms. The van der Waals surface area contributed by atoms with Crippen LogP contribution in [0.25, 0.3) is 0 Å². The fourth-order valence-corrected chi connectivity index (χ4v) is 1.33. The maximum Gasteiger partial charge on any atom is 0.119 e. The van der Waals surface area contributed by atoms with Gasteiger partial charge in [-0.2, -0.15) is 0 Å².